The zero-order valence-corrected chi connectivity index (χ0v) is 6.62. The highest BCUT2D eigenvalue weighted by Gasteiger charge is 1.58. The molecule has 0 nitrogen and oxygen atoms in total. The monoisotopic (exact) mass is 150 g/mol. The molecule has 0 aliphatic heterocycles. The van der Waals surface area contributed by atoms with E-state index in [9.17, 15) is 0 Å². The van der Waals surface area contributed by atoms with Gasteiger partial charge in [-0.3, -0.25) is 0 Å². The molecule has 0 radical (unpaired) electrons. The quantitative estimate of drug-likeness (QED) is 0.535. The van der Waals surface area contributed by atoms with Gasteiger partial charge in [0.05, 0.1) is 0 Å². The maximum atomic E-state index is 2.00. The van der Waals surface area contributed by atoms with Crippen LogP contribution in [-0.2, 0) is 0 Å². The van der Waals surface area contributed by atoms with Crippen molar-refractivity contribution >= 4 is 0 Å². The third-order valence-corrected chi connectivity index (χ3v) is 0.940. The summed E-state index contributed by atoms with van der Waals surface area (Å²) < 4.78 is 0. The van der Waals surface area contributed by atoms with Gasteiger partial charge in [-0.1, -0.05) is 56.0 Å². The maximum Gasteiger partial charge on any atom is -0.0467 e. The Hall–Kier alpha value is -1.04. The minimum absolute atomic E-state index is 0. The molecule has 62 valence electrons. The highest BCUT2D eigenvalue weighted by atomic mass is 13.7. The summed E-state index contributed by atoms with van der Waals surface area (Å²) in [7, 11) is 0. The van der Waals surface area contributed by atoms with Gasteiger partial charge in [-0.2, -0.15) is 0 Å². The lowest BCUT2D eigenvalue weighted by molar-refractivity contribution is 1.72. The van der Waals surface area contributed by atoms with Gasteiger partial charge in [0.25, 0.3) is 0 Å². The second kappa shape index (κ2) is 11.7. The highest BCUT2D eigenvalue weighted by Crippen LogP contribution is 1.80. The van der Waals surface area contributed by atoms with Crippen LogP contribution in [0.2, 0.25) is 0 Å². The van der Waals surface area contributed by atoms with Gasteiger partial charge in [-0.05, 0) is 13.8 Å². The van der Waals surface area contributed by atoms with Crippen LogP contribution in [0, 0.1) is 0 Å². The average molecular weight is 150 g/mol. The van der Waals surface area contributed by atoms with Gasteiger partial charge in [-0.25, -0.2) is 0 Å². The van der Waals surface area contributed by atoms with E-state index < -0.39 is 0 Å². The first-order chi connectivity index (χ1) is 4.91. The summed E-state index contributed by atoms with van der Waals surface area (Å²) in [5.41, 5.74) is 0. The van der Waals surface area contributed by atoms with Crippen molar-refractivity contribution < 1.29 is 0 Å². The molecule has 0 rings (SSSR count). The molecule has 0 aliphatic carbocycles. The van der Waals surface area contributed by atoms with Gasteiger partial charge in [-0.15, -0.1) is 0 Å². The SMILES string of the molecule is C.C\C=C/C=C\C=C/C=C/C. The molecule has 0 saturated heterocycles. The Morgan fingerprint density at radius 1 is 0.545 bits per heavy atom. The molecule has 0 unspecified atom stereocenters. The summed E-state index contributed by atoms with van der Waals surface area (Å²) >= 11 is 0. The summed E-state index contributed by atoms with van der Waals surface area (Å²) in [4.78, 5) is 0. The van der Waals surface area contributed by atoms with Crippen molar-refractivity contribution in [1.82, 2.24) is 0 Å². The first-order valence-electron chi connectivity index (χ1n) is 3.49. The van der Waals surface area contributed by atoms with Crippen LogP contribution in [0.4, 0.5) is 0 Å². The molecule has 0 bridgehead atoms. The molecule has 0 heteroatoms. The second-order valence-electron chi connectivity index (χ2n) is 1.82. The number of hydrogen-bond acceptors (Lipinski definition) is 0. The minimum atomic E-state index is 0. The smallest absolute Gasteiger partial charge is 0.0467 e. The lowest BCUT2D eigenvalue weighted by Crippen LogP contribution is -1.49. The van der Waals surface area contributed by atoms with Crippen LogP contribution in [-0.4, -0.2) is 0 Å². The molecule has 0 heterocycles. The van der Waals surface area contributed by atoms with Crippen molar-refractivity contribution in [1.29, 1.82) is 0 Å². The van der Waals surface area contributed by atoms with Crippen LogP contribution in [0.15, 0.2) is 48.6 Å². The van der Waals surface area contributed by atoms with E-state index in [0.29, 0.717) is 0 Å². The van der Waals surface area contributed by atoms with E-state index in [2.05, 4.69) is 0 Å². The minimum Gasteiger partial charge on any atom is -0.0877 e. The molecule has 0 saturated carbocycles. The van der Waals surface area contributed by atoms with E-state index in [0.717, 1.165) is 0 Å². The molecule has 0 aromatic carbocycles. The topological polar surface area (TPSA) is 0 Å². The highest BCUT2D eigenvalue weighted by molar-refractivity contribution is 5.14. The third kappa shape index (κ3) is 12.2. The molecule has 0 N–H and O–H groups in total. The summed E-state index contributed by atoms with van der Waals surface area (Å²) in [6.07, 6.45) is 16.0. The van der Waals surface area contributed by atoms with Crippen LogP contribution in [0.3, 0.4) is 0 Å². The normalized spacial score (nSPS) is 12.2. The summed E-state index contributed by atoms with van der Waals surface area (Å²) in [5, 5.41) is 0. The molecule has 0 aromatic rings. The molecule has 0 fully saturated rings. The Balaban J connectivity index is 0. The van der Waals surface area contributed by atoms with Crippen molar-refractivity contribution in [2.75, 3.05) is 0 Å². The standard InChI is InChI=1S/C10H14.CH4/c1-3-5-7-9-10-8-6-4-2;/h3-10H,1-2H3;1H4/b5-3-,6-4+,9-7-,10-8-;. The fourth-order valence-corrected chi connectivity index (χ4v) is 0.479. The first kappa shape index (κ1) is 12.6. The predicted molar refractivity (Wildman–Crippen MR) is 54.6 cm³/mol. The largest absolute Gasteiger partial charge is 0.0877 e. The average Bonchev–Trinajstić information content (AvgIpc) is 1.97. The van der Waals surface area contributed by atoms with Crippen LogP contribution >= 0.6 is 0 Å². The molecular weight excluding hydrogens is 132 g/mol. The first-order valence-corrected chi connectivity index (χ1v) is 3.49. The van der Waals surface area contributed by atoms with E-state index in [1.165, 1.54) is 0 Å². The molecular formula is C11H18. The Morgan fingerprint density at radius 3 is 1.09 bits per heavy atom. The van der Waals surface area contributed by atoms with Crippen LogP contribution in [0.25, 0.3) is 0 Å². The molecule has 0 spiro atoms. The van der Waals surface area contributed by atoms with E-state index in [1.807, 2.05) is 62.5 Å². The summed E-state index contributed by atoms with van der Waals surface area (Å²) in [6.45, 7) is 4.00. The van der Waals surface area contributed by atoms with E-state index in [4.69, 9.17) is 0 Å². The van der Waals surface area contributed by atoms with E-state index in [-0.39, 0.29) is 7.43 Å². The summed E-state index contributed by atoms with van der Waals surface area (Å²) in [6, 6.07) is 0. The third-order valence-electron chi connectivity index (χ3n) is 0.940. The zero-order chi connectivity index (χ0) is 7.66. The second-order valence-corrected chi connectivity index (χ2v) is 1.82. The fraction of sp³-hybridized carbons (Fsp3) is 0.273. The van der Waals surface area contributed by atoms with E-state index >= 15 is 0 Å². The van der Waals surface area contributed by atoms with Crippen LogP contribution < -0.4 is 0 Å². The lowest BCUT2D eigenvalue weighted by Gasteiger charge is -1.71. The van der Waals surface area contributed by atoms with Gasteiger partial charge in [0, 0.05) is 0 Å². The Morgan fingerprint density at radius 2 is 0.818 bits per heavy atom. The molecule has 0 atom stereocenters. The maximum absolute atomic E-state index is 2.00. The van der Waals surface area contributed by atoms with Crippen molar-refractivity contribution in [2.24, 2.45) is 0 Å². The predicted octanol–water partition coefficient (Wildman–Crippen LogP) is 3.89. The Labute approximate surface area is 70.6 Å². The van der Waals surface area contributed by atoms with E-state index in [1.54, 1.807) is 0 Å². The van der Waals surface area contributed by atoms with Crippen molar-refractivity contribution in [3.63, 3.8) is 0 Å². The van der Waals surface area contributed by atoms with Crippen LogP contribution in [0.5, 0.6) is 0 Å². The number of allylic oxidation sites excluding steroid dienone is 8. The van der Waals surface area contributed by atoms with Crippen molar-refractivity contribution in [3.05, 3.63) is 48.6 Å². The number of hydrogen-bond donors (Lipinski definition) is 0. The van der Waals surface area contributed by atoms with Gasteiger partial charge in [0.15, 0.2) is 0 Å². The van der Waals surface area contributed by atoms with Gasteiger partial charge in [0.2, 0.25) is 0 Å². The van der Waals surface area contributed by atoms with Crippen LogP contribution in [0.1, 0.15) is 21.3 Å². The van der Waals surface area contributed by atoms with Crippen molar-refractivity contribution in [3.8, 4) is 0 Å². The Kier molecular flexibility index (Phi) is 13.4. The van der Waals surface area contributed by atoms with Crippen molar-refractivity contribution in [2.45, 2.75) is 21.3 Å². The molecule has 0 aliphatic rings. The molecule has 0 amide bonds. The summed E-state index contributed by atoms with van der Waals surface area (Å²) in [5.74, 6) is 0. The number of rotatable bonds is 3. The van der Waals surface area contributed by atoms with Gasteiger partial charge >= 0.3 is 0 Å². The molecule has 0 aromatic heterocycles. The molecule has 11 heavy (non-hydrogen) atoms. The lowest BCUT2D eigenvalue weighted by atomic mass is 10.4. The zero-order valence-electron chi connectivity index (χ0n) is 6.62. The fourth-order valence-electron chi connectivity index (χ4n) is 0.479. The van der Waals surface area contributed by atoms with Gasteiger partial charge < -0.3 is 0 Å². The van der Waals surface area contributed by atoms with Gasteiger partial charge in [0.1, 0.15) is 0 Å². The Bertz CT molecular complexity index is 137.